The van der Waals surface area contributed by atoms with Crippen LogP contribution in [0.2, 0.25) is 0 Å². The van der Waals surface area contributed by atoms with E-state index in [9.17, 15) is 4.79 Å². The second-order valence-electron chi connectivity index (χ2n) is 6.18. The van der Waals surface area contributed by atoms with Gasteiger partial charge in [-0.05, 0) is 36.6 Å². The first kappa shape index (κ1) is 17.5. The standard InChI is InChI=1S/C22H20N2O2S/c1-3-15-9-11-16(12-10-15)19-14-27-22-23-21(18(13-25)24(19)22)17-7-5-6-8-20(17)26-4-2/h5-14H,3-4H2,1-2H3. The number of aryl methyl sites for hydroxylation is 1. The quantitative estimate of drug-likeness (QED) is 0.417. The Balaban J connectivity index is 1.90. The number of para-hydroxylation sites is 1. The number of hydrogen-bond acceptors (Lipinski definition) is 4. The van der Waals surface area contributed by atoms with E-state index in [-0.39, 0.29) is 0 Å². The fourth-order valence-electron chi connectivity index (χ4n) is 3.24. The van der Waals surface area contributed by atoms with Gasteiger partial charge < -0.3 is 4.74 Å². The first-order valence-corrected chi connectivity index (χ1v) is 9.91. The third kappa shape index (κ3) is 3.04. The first-order chi connectivity index (χ1) is 13.3. The van der Waals surface area contributed by atoms with Crippen LogP contribution in [0, 0.1) is 0 Å². The minimum atomic E-state index is 0.549. The molecule has 4 nitrogen and oxygen atoms in total. The number of thiazole rings is 1. The molecule has 0 saturated carbocycles. The summed E-state index contributed by atoms with van der Waals surface area (Å²) in [5.41, 5.74) is 5.39. The summed E-state index contributed by atoms with van der Waals surface area (Å²) in [5.74, 6) is 0.739. The minimum absolute atomic E-state index is 0.549. The van der Waals surface area contributed by atoms with E-state index >= 15 is 0 Å². The zero-order chi connectivity index (χ0) is 18.8. The van der Waals surface area contributed by atoms with Crippen molar-refractivity contribution in [3.05, 3.63) is 65.2 Å². The monoisotopic (exact) mass is 376 g/mol. The second-order valence-corrected chi connectivity index (χ2v) is 7.02. The van der Waals surface area contributed by atoms with Gasteiger partial charge in [-0.1, -0.05) is 43.3 Å². The van der Waals surface area contributed by atoms with E-state index in [1.807, 2.05) is 35.6 Å². The number of nitrogens with zero attached hydrogens (tertiary/aromatic N) is 2. The topological polar surface area (TPSA) is 43.6 Å². The molecule has 0 unspecified atom stereocenters. The lowest BCUT2D eigenvalue weighted by Crippen LogP contribution is -1.97. The van der Waals surface area contributed by atoms with Gasteiger partial charge in [0.15, 0.2) is 11.2 Å². The zero-order valence-electron chi connectivity index (χ0n) is 15.3. The molecule has 0 atom stereocenters. The van der Waals surface area contributed by atoms with E-state index in [0.29, 0.717) is 18.0 Å². The van der Waals surface area contributed by atoms with Crippen LogP contribution in [-0.2, 0) is 6.42 Å². The van der Waals surface area contributed by atoms with E-state index in [1.165, 1.54) is 16.9 Å². The van der Waals surface area contributed by atoms with Gasteiger partial charge in [0, 0.05) is 10.9 Å². The molecule has 5 heteroatoms. The Morgan fingerprint density at radius 1 is 1.11 bits per heavy atom. The number of benzene rings is 2. The van der Waals surface area contributed by atoms with Crippen LogP contribution < -0.4 is 4.74 Å². The number of ether oxygens (including phenoxy) is 1. The summed E-state index contributed by atoms with van der Waals surface area (Å²) in [7, 11) is 0. The Bertz CT molecular complexity index is 1090. The Morgan fingerprint density at radius 3 is 2.59 bits per heavy atom. The van der Waals surface area contributed by atoms with Crippen molar-refractivity contribution in [3.63, 3.8) is 0 Å². The molecule has 0 aliphatic heterocycles. The lowest BCUT2D eigenvalue weighted by Gasteiger charge is -2.09. The summed E-state index contributed by atoms with van der Waals surface area (Å²) in [5, 5.41) is 2.05. The van der Waals surface area contributed by atoms with Crippen LogP contribution >= 0.6 is 11.3 Å². The lowest BCUT2D eigenvalue weighted by molar-refractivity contribution is 0.111. The third-order valence-electron chi connectivity index (χ3n) is 4.61. The number of aldehydes is 1. The van der Waals surface area contributed by atoms with Gasteiger partial charge >= 0.3 is 0 Å². The number of hydrogen-bond donors (Lipinski definition) is 0. The van der Waals surface area contributed by atoms with Crippen molar-refractivity contribution in [2.75, 3.05) is 6.61 Å². The number of carbonyl (C=O) groups excluding carboxylic acids is 1. The number of imidazole rings is 1. The minimum Gasteiger partial charge on any atom is -0.493 e. The predicted octanol–water partition coefficient (Wildman–Crippen LogP) is 5.50. The zero-order valence-corrected chi connectivity index (χ0v) is 16.1. The molecular formula is C22H20N2O2S. The van der Waals surface area contributed by atoms with Crippen molar-refractivity contribution < 1.29 is 9.53 Å². The number of fused-ring (bicyclic) bond motifs is 1. The first-order valence-electron chi connectivity index (χ1n) is 9.03. The molecule has 0 N–H and O–H groups in total. The lowest BCUT2D eigenvalue weighted by atomic mass is 10.1. The van der Waals surface area contributed by atoms with Crippen molar-refractivity contribution >= 4 is 22.6 Å². The van der Waals surface area contributed by atoms with Gasteiger partial charge in [0.1, 0.15) is 17.1 Å². The molecule has 2 aromatic carbocycles. The average Bonchev–Trinajstić information content (AvgIpc) is 3.28. The van der Waals surface area contributed by atoms with E-state index in [4.69, 9.17) is 9.72 Å². The van der Waals surface area contributed by atoms with Crippen molar-refractivity contribution in [1.29, 1.82) is 0 Å². The smallest absolute Gasteiger partial charge is 0.195 e. The van der Waals surface area contributed by atoms with Gasteiger partial charge in [0.05, 0.1) is 12.3 Å². The Morgan fingerprint density at radius 2 is 1.89 bits per heavy atom. The molecule has 27 heavy (non-hydrogen) atoms. The number of rotatable bonds is 6. The maximum absolute atomic E-state index is 12.0. The maximum Gasteiger partial charge on any atom is 0.195 e. The summed E-state index contributed by atoms with van der Waals surface area (Å²) < 4.78 is 7.68. The summed E-state index contributed by atoms with van der Waals surface area (Å²) >= 11 is 1.54. The molecule has 0 bridgehead atoms. The summed E-state index contributed by atoms with van der Waals surface area (Å²) in [6.07, 6.45) is 1.89. The summed E-state index contributed by atoms with van der Waals surface area (Å²) in [6, 6.07) is 16.2. The molecular weight excluding hydrogens is 356 g/mol. The number of aromatic nitrogens is 2. The molecule has 0 aliphatic carbocycles. The molecule has 0 radical (unpaired) electrons. The Labute approximate surface area is 162 Å². The van der Waals surface area contributed by atoms with Gasteiger partial charge in [0.2, 0.25) is 0 Å². The highest BCUT2D eigenvalue weighted by molar-refractivity contribution is 7.15. The van der Waals surface area contributed by atoms with E-state index in [0.717, 1.165) is 40.2 Å². The van der Waals surface area contributed by atoms with E-state index < -0.39 is 0 Å². The highest BCUT2D eigenvalue weighted by atomic mass is 32.1. The van der Waals surface area contributed by atoms with Gasteiger partial charge in [0.25, 0.3) is 0 Å². The molecule has 4 aromatic rings. The number of carbonyl (C=O) groups is 1. The van der Waals surface area contributed by atoms with Crippen LogP contribution in [0.25, 0.3) is 27.5 Å². The molecule has 0 aliphatic rings. The van der Waals surface area contributed by atoms with Crippen LogP contribution in [0.4, 0.5) is 0 Å². The summed E-state index contributed by atoms with van der Waals surface area (Å²) in [6.45, 7) is 4.65. The van der Waals surface area contributed by atoms with E-state index in [2.05, 4.69) is 36.6 Å². The van der Waals surface area contributed by atoms with Gasteiger partial charge in [-0.15, -0.1) is 11.3 Å². The van der Waals surface area contributed by atoms with Gasteiger partial charge in [-0.2, -0.15) is 0 Å². The molecule has 2 aromatic heterocycles. The van der Waals surface area contributed by atoms with Crippen LogP contribution in [0.1, 0.15) is 29.9 Å². The Hall–Kier alpha value is -2.92. The largest absolute Gasteiger partial charge is 0.493 e. The molecule has 4 rings (SSSR count). The highest BCUT2D eigenvalue weighted by Gasteiger charge is 2.20. The fourth-order valence-corrected chi connectivity index (χ4v) is 4.15. The SMILES string of the molecule is CCOc1ccccc1-c1nc2scc(-c3ccc(CC)cc3)n2c1C=O. The molecule has 136 valence electrons. The average molecular weight is 376 g/mol. The van der Waals surface area contributed by atoms with Crippen molar-refractivity contribution in [2.45, 2.75) is 20.3 Å². The molecule has 0 fully saturated rings. The van der Waals surface area contributed by atoms with Crippen molar-refractivity contribution in [3.8, 4) is 28.3 Å². The van der Waals surface area contributed by atoms with Gasteiger partial charge in [-0.25, -0.2) is 4.98 Å². The second kappa shape index (κ2) is 7.37. The van der Waals surface area contributed by atoms with Gasteiger partial charge in [-0.3, -0.25) is 9.20 Å². The van der Waals surface area contributed by atoms with Crippen LogP contribution in [0.15, 0.2) is 53.9 Å². The predicted molar refractivity (Wildman–Crippen MR) is 110 cm³/mol. The van der Waals surface area contributed by atoms with Crippen molar-refractivity contribution in [1.82, 2.24) is 9.38 Å². The fraction of sp³-hybridized carbons (Fsp3) is 0.182. The Kier molecular flexibility index (Phi) is 4.77. The molecule has 0 saturated heterocycles. The van der Waals surface area contributed by atoms with Crippen LogP contribution in [0.3, 0.4) is 0 Å². The van der Waals surface area contributed by atoms with E-state index in [1.54, 1.807) is 0 Å². The van der Waals surface area contributed by atoms with Crippen LogP contribution in [-0.4, -0.2) is 22.3 Å². The highest BCUT2D eigenvalue weighted by Crippen LogP contribution is 2.36. The van der Waals surface area contributed by atoms with Crippen molar-refractivity contribution in [2.24, 2.45) is 0 Å². The summed E-state index contributed by atoms with van der Waals surface area (Å²) in [4.78, 5) is 17.6. The van der Waals surface area contributed by atoms with Crippen LogP contribution in [0.5, 0.6) is 5.75 Å². The molecule has 2 heterocycles. The third-order valence-corrected chi connectivity index (χ3v) is 5.44. The molecule has 0 amide bonds. The maximum atomic E-state index is 12.0. The molecule has 0 spiro atoms. The normalized spacial score (nSPS) is 11.0.